The molecule has 0 aliphatic carbocycles. The van der Waals surface area contributed by atoms with Crippen molar-refractivity contribution < 1.29 is 13.9 Å². The summed E-state index contributed by atoms with van der Waals surface area (Å²) in [7, 11) is 2.07. The van der Waals surface area contributed by atoms with E-state index in [1.54, 1.807) is 25.3 Å². The molecule has 140 valence electrons. The maximum Gasteiger partial charge on any atom is 0.197 e. The molecule has 1 heterocycles. The van der Waals surface area contributed by atoms with Gasteiger partial charge in [-0.2, -0.15) is 0 Å². The van der Waals surface area contributed by atoms with Crippen LogP contribution in [0.4, 0.5) is 0 Å². The maximum absolute atomic E-state index is 13.0. The van der Waals surface area contributed by atoms with Crippen molar-refractivity contribution in [1.29, 1.82) is 0 Å². The summed E-state index contributed by atoms with van der Waals surface area (Å²) in [4.78, 5) is 13.0. The van der Waals surface area contributed by atoms with Gasteiger partial charge in [0.2, 0.25) is 0 Å². The first kappa shape index (κ1) is 18.3. The molecule has 5 heteroatoms. The topological polar surface area (TPSA) is 48.7 Å². The highest BCUT2D eigenvalue weighted by Gasteiger charge is 2.22. The standard InChI is InChI=1S/C23H19O4P/c1-25-19-13-14-20(26-2)23-22(19)18(24)15-21(27-23)28(16-9-5-3-6-10-16)17-11-7-4-8-12-17/h3-15H,1-2H3. The van der Waals surface area contributed by atoms with Crippen LogP contribution in [0.3, 0.4) is 0 Å². The number of hydrogen-bond acceptors (Lipinski definition) is 4. The van der Waals surface area contributed by atoms with Gasteiger partial charge in [0.05, 0.1) is 14.2 Å². The van der Waals surface area contributed by atoms with Crippen LogP contribution in [0.1, 0.15) is 0 Å². The van der Waals surface area contributed by atoms with Crippen LogP contribution in [0.15, 0.2) is 88.1 Å². The van der Waals surface area contributed by atoms with E-state index in [2.05, 4.69) is 24.3 Å². The van der Waals surface area contributed by atoms with Crippen LogP contribution < -0.4 is 31.0 Å². The zero-order chi connectivity index (χ0) is 19.5. The largest absolute Gasteiger partial charge is 0.496 e. The monoisotopic (exact) mass is 390 g/mol. The van der Waals surface area contributed by atoms with Crippen LogP contribution in [0.25, 0.3) is 11.0 Å². The summed E-state index contributed by atoms with van der Waals surface area (Å²) >= 11 is 0. The molecule has 4 aromatic rings. The second kappa shape index (κ2) is 7.87. The number of methoxy groups -OCH3 is 2. The molecule has 28 heavy (non-hydrogen) atoms. The highest BCUT2D eigenvalue weighted by atomic mass is 31.1. The second-order valence-electron chi connectivity index (χ2n) is 6.13. The van der Waals surface area contributed by atoms with Crippen molar-refractivity contribution in [2.24, 2.45) is 0 Å². The van der Waals surface area contributed by atoms with E-state index in [4.69, 9.17) is 13.9 Å². The molecule has 0 saturated carbocycles. The Labute approximate surface area is 164 Å². The van der Waals surface area contributed by atoms with Gasteiger partial charge in [0.1, 0.15) is 16.6 Å². The number of fused-ring (bicyclic) bond motifs is 1. The zero-order valence-corrected chi connectivity index (χ0v) is 16.5. The predicted octanol–water partition coefficient (Wildman–Crippen LogP) is 3.57. The van der Waals surface area contributed by atoms with E-state index >= 15 is 0 Å². The van der Waals surface area contributed by atoms with Gasteiger partial charge in [0, 0.05) is 14.0 Å². The minimum atomic E-state index is -1.03. The molecule has 0 saturated heterocycles. The van der Waals surface area contributed by atoms with Gasteiger partial charge in [0.25, 0.3) is 0 Å². The van der Waals surface area contributed by atoms with Crippen molar-refractivity contribution in [3.8, 4) is 11.5 Å². The third-order valence-electron chi connectivity index (χ3n) is 4.48. The third kappa shape index (κ3) is 3.28. The zero-order valence-electron chi connectivity index (χ0n) is 15.6. The van der Waals surface area contributed by atoms with Crippen molar-refractivity contribution in [3.05, 3.63) is 89.1 Å². The first-order valence-electron chi connectivity index (χ1n) is 8.82. The average Bonchev–Trinajstić information content (AvgIpc) is 2.74. The first-order chi connectivity index (χ1) is 13.7. The van der Waals surface area contributed by atoms with Crippen LogP contribution in [0, 0.1) is 0 Å². The van der Waals surface area contributed by atoms with Crippen molar-refractivity contribution in [2.45, 2.75) is 0 Å². The fourth-order valence-electron chi connectivity index (χ4n) is 3.20. The Morgan fingerprint density at radius 3 is 1.82 bits per heavy atom. The SMILES string of the molecule is COc1ccc(OC)c2c(=O)cc(P(c3ccccc3)c3ccccc3)oc12. The van der Waals surface area contributed by atoms with E-state index in [1.165, 1.54) is 7.11 Å². The average molecular weight is 390 g/mol. The summed E-state index contributed by atoms with van der Waals surface area (Å²) in [6.07, 6.45) is 0. The molecule has 0 amide bonds. The molecule has 0 unspecified atom stereocenters. The van der Waals surface area contributed by atoms with Crippen LogP contribution in [-0.2, 0) is 0 Å². The van der Waals surface area contributed by atoms with E-state index in [-0.39, 0.29) is 5.43 Å². The van der Waals surface area contributed by atoms with Gasteiger partial charge in [-0.25, -0.2) is 0 Å². The van der Waals surface area contributed by atoms with Gasteiger partial charge >= 0.3 is 0 Å². The van der Waals surface area contributed by atoms with Crippen molar-refractivity contribution in [3.63, 3.8) is 0 Å². The molecule has 1 aromatic heterocycles. The lowest BCUT2D eigenvalue weighted by Gasteiger charge is -2.18. The van der Waals surface area contributed by atoms with Crippen molar-refractivity contribution >= 4 is 35.0 Å². The van der Waals surface area contributed by atoms with E-state index in [1.807, 2.05) is 36.4 Å². The molecule has 0 spiro atoms. The molecule has 4 nitrogen and oxygen atoms in total. The van der Waals surface area contributed by atoms with E-state index in [0.717, 1.165) is 10.6 Å². The molecule has 0 radical (unpaired) electrons. The molecular weight excluding hydrogens is 371 g/mol. The summed E-state index contributed by atoms with van der Waals surface area (Å²) in [6, 6.07) is 25.2. The molecule has 3 aromatic carbocycles. The quantitative estimate of drug-likeness (QED) is 0.489. The Morgan fingerprint density at radius 2 is 1.29 bits per heavy atom. The Bertz CT molecular complexity index is 1110. The summed E-state index contributed by atoms with van der Waals surface area (Å²) in [5.74, 6) is 0.977. The number of hydrogen-bond donors (Lipinski definition) is 0. The highest BCUT2D eigenvalue weighted by Crippen LogP contribution is 2.36. The van der Waals surface area contributed by atoms with Gasteiger partial charge in [-0.1, -0.05) is 60.7 Å². The molecule has 0 aliphatic rings. The fourth-order valence-corrected chi connectivity index (χ4v) is 5.37. The van der Waals surface area contributed by atoms with E-state index in [0.29, 0.717) is 28.0 Å². The normalized spacial score (nSPS) is 11.0. The second-order valence-corrected chi connectivity index (χ2v) is 8.27. The van der Waals surface area contributed by atoms with Crippen LogP contribution >= 0.6 is 7.92 Å². The lowest BCUT2D eigenvalue weighted by Crippen LogP contribution is -2.23. The van der Waals surface area contributed by atoms with E-state index < -0.39 is 7.92 Å². The third-order valence-corrected chi connectivity index (χ3v) is 6.77. The summed E-state index contributed by atoms with van der Waals surface area (Å²) in [5.41, 5.74) is 0.881. The number of benzene rings is 3. The summed E-state index contributed by atoms with van der Waals surface area (Å²) in [6.45, 7) is 0. The lowest BCUT2D eigenvalue weighted by molar-refractivity contribution is 0.403. The molecule has 0 N–H and O–H groups in total. The summed E-state index contributed by atoms with van der Waals surface area (Å²) in [5, 5.41) is 2.60. The van der Waals surface area contributed by atoms with Gasteiger partial charge in [-0.05, 0) is 22.7 Å². The molecule has 0 aliphatic heterocycles. The van der Waals surface area contributed by atoms with Gasteiger partial charge in [0.15, 0.2) is 16.8 Å². The number of rotatable bonds is 5. The van der Waals surface area contributed by atoms with Gasteiger partial charge in [-0.3, -0.25) is 4.79 Å². The van der Waals surface area contributed by atoms with Crippen LogP contribution in [-0.4, -0.2) is 14.2 Å². The van der Waals surface area contributed by atoms with Crippen molar-refractivity contribution in [1.82, 2.24) is 0 Å². The van der Waals surface area contributed by atoms with E-state index in [9.17, 15) is 4.79 Å². The summed E-state index contributed by atoms with van der Waals surface area (Å²) < 4.78 is 17.1. The Hall–Kier alpha value is -3.10. The van der Waals surface area contributed by atoms with Gasteiger partial charge in [-0.15, -0.1) is 0 Å². The molecular formula is C23H19O4P. The minimum Gasteiger partial charge on any atom is -0.496 e. The smallest absolute Gasteiger partial charge is 0.197 e. The van der Waals surface area contributed by atoms with Crippen LogP contribution in [0.2, 0.25) is 0 Å². The lowest BCUT2D eigenvalue weighted by atomic mass is 10.2. The fraction of sp³-hybridized carbons (Fsp3) is 0.0870. The highest BCUT2D eigenvalue weighted by molar-refractivity contribution is 7.79. The molecule has 0 atom stereocenters. The maximum atomic E-state index is 13.0. The minimum absolute atomic E-state index is 0.147. The van der Waals surface area contributed by atoms with Crippen molar-refractivity contribution in [2.75, 3.05) is 14.2 Å². The predicted molar refractivity (Wildman–Crippen MR) is 114 cm³/mol. The van der Waals surface area contributed by atoms with Crippen LogP contribution in [0.5, 0.6) is 11.5 Å². The van der Waals surface area contributed by atoms with Gasteiger partial charge < -0.3 is 13.9 Å². The molecule has 0 bridgehead atoms. The molecule has 0 fully saturated rings. The Kier molecular flexibility index (Phi) is 5.14. The Morgan fingerprint density at radius 1 is 0.750 bits per heavy atom. The Balaban J connectivity index is 2.01. The molecule has 4 rings (SSSR count). The number of ether oxygens (including phenoxy) is 2. The first-order valence-corrected chi connectivity index (χ1v) is 10.2.